The van der Waals surface area contributed by atoms with Crippen molar-refractivity contribution < 1.29 is 22.0 Å². The molecule has 0 unspecified atom stereocenters. The van der Waals surface area contributed by atoms with Crippen LogP contribution in [0.3, 0.4) is 0 Å². The lowest BCUT2D eigenvalue weighted by molar-refractivity contribution is 0.373. The van der Waals surface area contributed by atoms with E-state index in [1.807, 2.05) is 12.1 Å². The highest BCUT2D eigenvalue weighted by atomic mass is 127. The van der Waals surface area contributed by atoms with Gasteiger partial charge in [0.25, 0.3) is 0 Å². The van der Waals surface area contributed by atoms with Crippen molar-refractivity contribution >= 4 is 22.6 Å². The van der Waals surface area contributed by atoms with Gasteiger partial charge in [0.1, 0.15) is 15.1 Å². The molecule has 0 spiro atoms. The summed E-state index contributed by atoms with van der Waals surface area (Å²) in [5.41, 5.74) is 1.38. The fourth-order valence-electron chi connectivity index (χ4n) is 3.00. The third-order valence-corrected chi connectivity index (χ3v) is 5.92. The molecule has 0 N–H and O–H groups in total. The Kier molecular flexibility index (Phi) is 5.96. The third kappa shape index (κ3) is 4.20. The van der Waals surface area contributed by atoms with Gasteiger partial charge in [-0.15, -0.1) is 5.10 Å². The van der Waals surface area contributed by atoms with Crippen LogP contribution in [0.4, 0.5) is 22.0 Å². The first kappa shape index (κ1) is 23.6. The Morgan fingerprint density at radius 2 is 1.13 bits per heavy atom. The van der Waals surface area contributed by atoms with E-state index in [0.717, 1.165) is 11.1 Å². The van der Waals surface area contributed by atoms with Crippen molar-refractivity contribution in [3.05, 3.63) is 62.1 Å². The molecule has 1 heterocycles. The highest BCUT2D eigenvalue weighted by Crippen LogP contribution is 2.36. The molecular weight excluding hydrogens is 528 g/mol. The van der Waals surface area contributed by atoms with Gasteiger partial charge in [0, 0.05) is 5.56 Å². The van der Waals surface area contributed by atoms with Crippen molar-refractivity contribution in [2.45, 2.75) is 52.4 Å². The Bertz CT molecular complexity index is 1110. The number of aromatic nitrogens is 3. The zero-order valence-electron chi connectivity index (χ0n) is 17.8. The summed E-state index contributed by atoms with van der Waals surface area (Å²) in [6, 6.07) is 5.87. The number of hydrogen-bond donors (Lipinski definition) is 0. The largest absolute Gasteiger partial charge is 0.201 e. The Morgan fingerprint density at radius 3 is 1.55 bits per heavy atom. The van der Waals surface area contributed by atoms with E-state index >= 15 is 0 Å². The molecule has 0 fully saturated rings. The summed E-state index contributed by atoms with van der Waals surface area (Å²) in [6.07, 6.45) is 0. The Morgan fingerprint density at radius 1 is 0.710 bits per heavy atom. The lowest BCUT2D eigenvalue weighted by Gasteiger charge is -2.26. The molecule has 0 saturated carbocycles. The van der Waals surface area contributed by atoms with Crippen LogP contribution < -0.4 is 0 Å². The third-order valence-electron chi connectivity index (χ3n) is 4.95. The molecule has 3 nitrogen and oxygen atoms in total. The maximum atomic E-state index is 14.3. The van der Waals surface area contributed by atoms with Crippen LogP contribution in [0.2, 0.25) is 0 Å². The molecule has 3 rings (SSSR count). The number of hydrogen-bond acceptors (Lipinski definition) is 2. The van der Waals surface area contributed by atoms with Crippen LogP contribution in [0.15, 0.2) is 18.2 Å². The second-order valence-electron chi connectivity index (χ2n) is 9.36. The highest BCUT2D eigenvalue weighted by molar-refractivity contribution is 14.1. The molecule has 31 heavy (non-hydrogen) atoms. The minimum absolute atomic E-state index is 0.117. The molecule has 9 heteroatoms. The molecule has 0 saturated heterocycles. The van der Waals surface area contributed by atoms with Gasteiger partial charge in [0.2, 0.25) is 5.82 Å². The zero-order valence-corrected chi connectivity index (χ0v) is 20.0. The summed E-state index contributed by atoms with van der Waals surface area (Å²) in [5.74, 6) is -10.2. The number of halogens is 6. The van der Waals surface area contributed by atoms with Gasteiger partial charge in [0.05, 0.1) is 0 Å². The minimum Gasteiger partial charge on any atom is -0.201 e. The van der Waals surface area contributed by atoms with Crippen LogP contribution in [0.25, 0.3) is 16.9 Å². The summed E-state index contributed by atoms with van der Waals surface area (Å²) >= 11 is 1.74. The predicted molar refractivity (Wildman–Crippen MR) is 117 cm³/mol. The van der Waals surface area contributed by atoms with Gasteiger partial charge in [-0.05, 0) is 56.7 Å². The van der Waals surface area contributed by atoms with Crippen molar-refractivity contribution in [2.75, 3.05) is 0 Å². The Balaban J connectivity index is 2.27. The van der Waals surface area contributed by atoms with Gasteiger partial charge in [0.15, 0.2) is 23.3 Å². The lowest BCUT2D eigenvalue weighted by Crippen LogP contribution is -2.16. The normalized spacial score (nSPS) is 12.5. The van der Waals surface area contributed by atoms with Crippen LogP contribution in [0.1, 0.15) is 52.7 Å². The van der Waals surface area contributed by atoms with E-state index in [1.54, 1.807) is 22.6 Å². The average Bonchev–Trinajstić information content (AvgIpc) is 3.04. The number of rotatable bonds is 2. The summed E-state index contributed by atoms with van der Waals surface area (Å²) < 4.78 is 70.2. The van der Waals surface area contributed by atoms with Gasteiger partial charge in [-0.2, -0.15) is 0 Å². The Labute approximate surface area is 190 Å². The summed E-state index contributed by atoms with van der Waals surface area (Å²) in [6.45, 7) is 12.3. The zero-order chi connectivity index (χ0) is 23.5. The molecule has 0 bridgehead atoms. The smallest absolute Gasteiger partial charge is 0.200 e. The molecule has 166 valence electrons. The molecule has 0 aliphatic rings. The molecule has 0 radical (unpaired) electrons. The molecule has 3 aromatic rings. The van der Waals surface area contributed by atoms with Crippen molar-refractivity contribution in [1.82, 2.24) is 15.0 Å². The van der Waals surface area contributed by atoms with Gasteiger partial charge in [-0.1, -0.05) is 52.8 Å². The van der Waals surface area contributed by atoms with Crippen LogP contribution in [0.5, 0.6) is 0 Å². The van der Waals surface area contributed by atoms with E-state index < -0.39 is 34.8 Å². The monoisotopic (exact) mass is 549 g/mol. The molecular formula is C22H21F5IN3. The highest BCUT2D eigenvalue weighted by Gasteiger charge is 2.30. The number of benzene rings is 2. The van der Waals surface area contributed by atoms with E-state index in [2.05, 4.69) is 57.9 Å². The standard InChI is InChI=1S/C22H21F5IN3/c1-21(2,3)11-7-10(8-12(9-11)22(4,5)6)18-20(28)31(30-29-18)19-16(26)14(24)13(23)15(25)17(19)27/h7-9H,1-6H3. The van der Waals surface area contributed by atoms with Crippen molar-refractivity contribution in [3.63, 3.8) is 0 Å². The van der Waals surface area contributed by atoms with Crippen molar-refractivity contribution in [3.8, 4) is 16.9 Å². The topological polar surface area (TPSA) is 30.7 Å². The fraction of sp³-hybridized carbons (Fsp3) is 0.364. The first-order valence-electron chi connectivity index (χ1n) is 9.44. The minimum atomic E-state index is -2.22. The molecule has 0 atom stereocenters. The van der Waals surface area contributed by atoms with E-state index in [1.165, 1.54) is 0 Å². The van der Waals surface area contributed by atoms with Crippen LogP contribution in [-0.4, -0.2) is 15.0 Å². The second kappa shape index (κ2) is 7.83. The van der Waals surface area contributed by atoms with Crippen LogP contribution in [0, 0.1) is 32.8 Å². The summed E-state index contributed by atoms with van der Waals surface area (Å²) in [7, 11) is 0. The molecule has 0 aliphatic carbocycles. The first-order chi connectivity index (χ1) is 14.1. The summed E-state index contributed by atoms with van der Waals surface area (Å²) in [4.78, 5) is 0. The summed E-state index contributed by atoms with van der Waals surface area (Å²) in [5, 5.41) is 7.71. The van der Waals surface area contributed by atoms with E-state index in [9.17, 15) is 22.0 Å². The van der Waals surface area contributed by atoms with Gasteiger partial charge in [-0.3, -0.25) is 0 Å². The molecule has 2 aromatic carbocycles. The van der Waals surface area contributed by atoms with Gasteiger partial charge in [-0.25, -0.2) is 26.6 Å². The average molecular weight is 549 g/mol. The number of nitrogens with zero attached hydrogens (tertiary/aromatic N) is 3. The van der Waals surface area contributed by atoms with E-state index in [4.69, 9.17) is 0 Å². The maximum Gasteiger partial charge on any atom is 0.200 e. The Hall–Kier alpha value is -2.04. The molecule has 1 aromatic heterocycles. The van der Waals surface area contributed by atoms with E-state index in [0.29, 0.717) is 10.2 Å². The molecule has 0 aliphatic heterocycles. The van der Waals surface area contributed by atoms with E-state index in [-0.39, 0.29) is 20.2 Å². The van der Waals surface area contributed by atoms with Crippen molar-refractivity contribution in [2.24, 2.45) is 0 Å². The lowest BCUT2D eigenvalue weighted by atomic mass is 9.79. The SMILES string of the molecule is CC(C)(C)c1cc(-c2nnn(-c3c(F)c(F)c(F)c(F)c3F)c2I)cc(C(C)(C)C)c1. The second-order valence-corrected chi connectivity index (χ2v) is 10.4. The van der Waals surface area contributed by atoms with Crippen LogP contribution >= 0.6 is 22.6 Å². The first-order valence-corrected chi connectivity index (χ1v) is 10.5. The maximum absolute atomic E-state index is 14.3. The molecule has 0 amide bonds. The van der Waals surface area contributed by atoms with Crippen LogP contribution in [-0.2, 0) is 10.8 Å². The fourth-order valence-corrected chi connectivity index (χ4v) is 3.76. The van der Waals surface area contributed by atoms with Gasteiger partial charge >= 0.3 is 0 Å². The van der Waals surface area contributed by atoms with Crippen molar-refractivity contribution in [1.29, 1.82) is 0 Å². The predicted octanol–water partition coefficient (Wildman–Crippen LogP) is 6.83. The van der Waals surface area contributed by atoms with Gasteiger partial charge < -0.3 is 0 Å². The quantitative estimate of drug-likeness (QED) is 0.152.